The van der Waals surface area contributed by atoms with Crippen molar-refractivity contribution in [2.45, 2.75) is 25.4 Å². The third-order valence-electron chi connectivity index (χ3n) is 2.94. The maximum Gasteiger partial charge on any atom is 0.416 e. The van der Waals surface area contributed by atoms with Gasteiger partial charge in [0.1, 0.15) is 0 Å². The van der Waals surface area contributed by atoms with Gasteiger partial charge in [-0.2, -0.15) is 13.2 Å². The summed E-state index contributed by atoms with van der Waals surface area (Å²) in [7, 11) is 0. The molecule has 102 valence electrons. The molecule has 0 amide bonds. The summed E-state index contributed by atoms with van der Waals surface area (Å²) in [6.07, 6.45) is -1.32. The van der Waals surface area contributed by atoms with Crippen LogP contribution in [0.3, 0.4) is 0 Å². The summed E-state index contributed by atoms with van der Waals surface area (Å²) in [6, 6.07) is 4.67. The number of ether oxygens (including phenoxy) is 1. The van der Waals surface area contributed by atoms with Crippen LogP contribution in [-0.2, 0) is 22.1 Å². The molecule has 0 aromatic heterocycles. The third-order valence-corrected chi connectivity index (χ3v) is 2.94. The van der Waals surface area contributed by atoms with Crippen LogP contribution >= 0.6 is 0 Å². The topological polar surface area (TPSA) is 26.3 Å². The highest BCUT2D eigenvalue weighted by Gasteiger charge is 2.30. The van der Waals surface area contributed by atoms with Crippen molar-refractivity contribution in [2.24, 2.45) is 0 Å². The zero-order valence-corrected chi connectivity index (χ0v) is 10.2. The molecule has 1 aliphatic rings. The van der Waals surface area contributed by atoms with E-state index in [0.717, 1.165) is 18.6 Å². The predicted molar refractivity (Wildman–Crippen MR) is 63.4 cm³/mol. The van der Waals surface area contributed by atoms with E-state index in [1.54, 1.807) is 0 Å². The van der Waals surface area contributed by atoms with E-state index in [4.69, 9.17) is 4.74 Å². The van der Waals surface area contributed by atoms with Crippen molar-refractivity contribution in [1.29, 1.82) is 0 Å². The molecule has 0 N–H and O–H groups in total. The minimum atomic E-state index is -4.34. The molecule has 1 heterocycles. The van der Waals surface area contributed by atoms with Gasteiger partial charge in [0, 0.05) is 12.0 Å². The van der Waals surface area contributed by atoms with Gasteiger partial charge < -0.3 is 4.74 Å². The molecule has 0 aliphatic carbocycles. The van der Waals surface area contributed by atoms with Crippen LogP contribution in [-0.4, -0.2) is 12.4 Å². The molecule has 0 saturated heterocycles. The fraction of sp³-hybridized carbons (Fsp3) is 0.357. The van der Waals surface area contributed by atoms with Gasteiger partial charge in [0.15, 0.2) is 5.78 Å². The maximum absolute atomic E-state index is 12.4. The van der Waals surface area contributed by atoms with Gasteiger partial charge in [0.05, 0.1) is 18.4 Å². The number of Topliss-reactive ketones (excluding diaryl/α,β-unsaturated/α-hetero) is 1. The Labute approximate surface area is 108 Å². The zero-order valence-electron chi connectivity index (χ0n) is 10.2. The summed E-state index contributed by atoms with van der Waals surface area (Å²) < 4.78 is 42.2. The van der Waals surface area contributed by atoms with E-state index in [-0.39, 0.29) is 12.2 Å². The van der Waals surface area contributed by atoms with E-state index in [1.807, 2.05) is 0 Å². The third kappa shape index (κ3) is 3.59. The molecule has 0 saturated carbocycles. The minimum Gasteiger partial charge on any atom is -0.501 e. The van der Waals surface area contributed by atoms with E-state index >= 15 is 0 Å². The Morgan fingerprint density at radius 3 is 2.42 bits per heavy atom. The van der Waals surface area contributed by atoms with E-state index in [2.05, 4.69) is 0 Å². The summed E-state index contributed by atoms with van der Waals surface area (Å²) in [6.45, 7) is 0.608. The van der Waals surface area contributed by atoms with Crippen LogP contribution in [0.1, 0.15) is 24.0 Å². The van der Waals surface area contributed by atoms with Crippen molar-refractivity contribution in [3.8, 4) is 0 Å². The normalized spacial score (nSPS) is 15.6. The first-order valence-corrected chi connectivity index (χ1v) is 5.97. The van der Waals surface area contributed by atoms with Crippen LogP contribution in [0.2, 0.25) is 0 Å². The molecule has 0 spiro atoms. The molecule has 1 aromatic rings. The van der Waals surface area contributed by atoms with Gasteiger partial charge in [0.2, 0.25) is 0 Å². The number of halogens is 3. The number of hydrogen-bond donors (Lipinski definition) is 0. The lowest BCUT2D eigenvalue weighted by atomic mass is 9.99. The molecule has 0 atom stereocenters. The minimum absolute atomic E-state index is 0.0977. The van der Waals surface area contributed by atoms with Crippen LogP contribution in [0.4, 0.5) is 13.2 Å². The lowest BCUT2D eigenvalue weighted by Crippen LogP contribution is -2.11. The Morgan fingerprint density at radius 2 is 1.89 bits per heavy atom. The van der Waals surface area contributed by atoms with Crippen LogP contribution in [0.5, 0.6) is 0 Å². The Kier molecular flexibility index (Phi) is 3.93. The van der Waals surface area contributed by atoms with E-state index in [0.29, 0.717) is 24.2 Å². The first-order chi connectivity index (χ1) is 8.97. The summed E-state index contributed by atoms with van der Waals surface area (Å²) in [5.41, 5.74) is 0.472. The number of rotatable bonds is 3. The second-order valence-corrected chi connectivity index (χ2v) is 4.41. The molecule has 1 aliphatic heterocycles. The molecule has 2 nitrogen and oxygen atoms in total. The second-order valence-electron chi connectivity index (χ2n) is 4.41. The number of ketones is 1. The molecule has 0 radical (unpaired) electrons. The number of allylic oxidation sites excluding steroid dienone is 1. The molecular formula is C14H13F3O2. The number of benzene rings is 1. The van der Waals surface area contributed by atoms with Crippen LogP contribution in [0, 0.1) is 0 Å². The van der Waals surface area contributed by atoms with E-state index in [9.17, 15) is 18.0 Å². The van der Waals surface area contributed by atoms with Gasteiger partial charge in [-0.25, -0.2) is 0 Å². The molecule has 0 unspecified atom stereocenters. The van der Waals surface area contributed by atoms with E-state index in [1.165, 1.54) is 18.4 Å². The highest BCUT2D eigenvalue weighted by atomic mass is 19.4. The number of carbonyl (C=O) groups excluding carboxylic acids is 1. The SMILES string of the molecule is O=C(Cc1ccc(C(F)(F)F)cc1)C1=COCCC1. The van der Waals surface area contributed by atoms with Crippen molar-refractivity contribution in [2.75, 3.05) is 6.61 Å². The van der Waals surface area contributed by atoms with Gasteiger partial charge in [-0.05, 0) is 30.5 Å². The molecule has 2 rings (SSSR count). The lowest BCUT2D eigenvalue weighted by Gasteiger charge is -2.13. The fourth-order valence-electron chi connectivity index (χ4n) is 1.88. The Bertz CT molecular complexity index is 486. The largest absolute Gasteiger partial charge is 0.501 e. The smallest absolute Gasteiger partial charge is 0.416 e. The molecule has 19 heavy (non-hydrogen) atoms. The van der Waals surface area contributed by atoms with Crippen molar-refractivity contribution in [1.82, 2.24) is 0 Å². The number of alkyl halides is 3. The van der Waals surface area contributed by atoms with Crippen molar-refractivity contribution in [3.05, 3.63) is 47.2 Å². The van der Waals surface area contributed by atoms with Crippen molar-refractivity contribution < 1.29 is 22.7 Å². The van der Waals surface area contributed by atoms with Gasteiger partial charge in [-0.1, -0.05) is 12.1 Å². The van der Waals surface area contributed by atoms with Crippen LogP contribution < -0.4 is 0 Å². The van der Waals surface area contributed by atoms with Crippen LogP contribution in [0.25, 0.3) is 0 Å². The van der Waals surface area contributed by atoms with Gasteiger partial charge >= 0.3 is 6.18 Å². The highest BCUT2D eigenvalue weighted by Crippen LogP contribution is 2.29. The summed E-state index contributed by atoms with van der Waals surface area (Å²) in [5.74, 6) is -0.0977. The molecule has 5 heteroatoms. The average molecular weight is 270 g/mol. The summed E-state index contributed by atoms with van der Waals surface area (Å²) >= 11 is 0. The number of hydrogen-bond acceptors (Lipinski definition) is 2. The molecule has 0 fully saturated rings. The predicted octanol–water partition coefficient (Wildman–Crippen LogP) is 3.51. The fourth-order valence-corrected chi connectivity index (χ4v) is 1.88. The van der Waals surface area contributed by atoms with E-state index < -0.39 is 11.7 Å². The highest BCUT2D eigenvalue weighted by molar-refractivity contribution is 5.96. The first-order valence-electron chi connectivity index (χ1n) is 5.97. The Morgan fingerprint density at radius 1 is 1.21 bits per heavy atom. The summed E-state index contributed by atoms with van der Waals surface area (Å²) in [4.78, 5) is 11.9. The number of carbonyl (C=O) groups is 1. The monoisotopic (exact) mass is 270 g/mol. The van der Waals surface area contributed by atoms with Crippen molar-refractivity contribution >= 4 is 5.78 Å². The van der Waals surface area contributed by atoms with Gasteiger partial charge in [-0.15, -0.1) is 0 Å². The zero-order chi connectivity index (χ0) is 13.9. The standard InChI is InChI=1S/C14H13F3O2/c15-14(16,17)12-5-3-10(4-6-12)8-13(18)11-2-1-7-19-9-11/h3-6,9H,1-2,7-8H2. The Hall–Kier alpha value is -1.78. The molecule has 0 bridgehead atoms. The lowest BCUT2D eigenvalue weighted by molar-refractivity contribution is -0.137. The summed E-state index contributed by atoms with van der Waals surface area (Å²) in [5, 5.41) is 0. The van der Waals surface area contributed by atoms with Gasteiger partial charge in [-0.3, -0.25) is 4.79 Å². The quantitative estimate of drug-likeness (QED) is 0.840. The second kappa shape index (κ2) is 5.47. The Balaban J connectivity index is 2.03. The molecule has 1 aromatic carbocycles. The maximum atomic E-state index is 12.4. The van der Waals surface area contributed by atoms with Gasteiger partial charge in [0.25, 0.3) is 0 Å². The average Bonchev–Trinajstić information content (AvgIpc) is 2.39. The van der Waals surface area contributed by atoms with Crippen molar-refractivity contribution in [3.63, 3.8) is 0 Å². The van der Waals surface area contributed by atoms with Crippen LogP contribution in [0.15, 0.2) is 36.1 Å². The molecular weight excluding hydrogens is 257 g/mol. The first kappa shape index (κ1) is 13.6.